The van der Waals surface area contributed by atoms with E-state index in [1.807, 2.05) is 30.7 Å². The Balaban J connectivity index is 1.50. The summed E-state index contributed by atoms with van der Waals surface area (Å²) in [7, 11) is 1.72. The maximum Gasteiger partial charge on any atom is 0.243 e. The molecular formula is C22H30N4O2. The van der Waals surface area contributed by atoms with Crippen LogP contribution in [0.15, 0.2) is 42.9 Å². The molecule has 2 aliphatic rings. The van der Waals surface area contributed by atoms with E-state index in [2.05, 4.69) is 31.5 Å². The van der Waals surface area contributed by atoms with E-state index in [0.29, 0.717) is 19.1 Å². The highest BCUT2D eigenvalue weighted by Crippen LogP contribution is 2.39. The average molecular weight is 383 g/mol. The lowest BCUT2D eigenvalue weighted by molar-refractivity contribution is -0.148. The number of hydrogen-bond donors (Lipinski definition) is 0. The molecule has 150 valence electrons. The van der Waals surface area contributed by atoms with Crippen LogP contribution in [-0.2, 0) is 29.2 Å². The van der Waals surface area contributed by atoms with Gasteiger partial charge in [-0.3, -0.25) is 9.69 Å². The van der Waals surface area contributed by atoms with Crippen molar-refractivity contribution in [1.82, 2.24) is 19.4 Å². The zero-order chi connectivity index (χ0) is 19.4. The van der Waals surface area contributed by atoms with Crippen molar-refractivity contribution < 1.29 is 9.53 Å². The second-order valence-corrected chi connectivity index (χ2v) is 7.94. The maximum absolute atomic E-state index is 13.6. The molecule has 0 bridgehead atoms. The topological polar surface area (TPSA) is 50.6 Å². The molecule has 6 nitrogen and oxygen atoms in total. The van der Waals surface area contributed by atoms with Gasteiger partial charge in [-0.15, -0.1) is 0 Å². The molecule has 2 fully saturated rings. The summed E-state index contributed by atoms with van der Waals surface area (Å²) in [5.41, 5.74) is 2.02. The summed E-state index contributed by atoms with van der Waals surface area (Å²) in [4.78, 5) is 22.4. The second kappa shape index (κ2) is 8.45. The Morgan fingerprint density at radius 3 is 2.68 bits per heavy atom. The van der Waals surface area contributed by atoms with Crippen LogP contribution in [0.3, 0.4) is 0 Å². The Hall–Kier alpha value is -2.18. The fourth-order valence-corrected chi connectivity index (χ4v) is 4.78. The lowest BCUT2D eigenvalue weighted by atomic mass is 9.85. The molecule has 4 rings (SSSR count). The molecule has 0 aliphatic carbocycles. The van der Waals surface area contributed by atoms with E-state index < -0.39 is 0 Å². The van der Waals surface area contributed by atoms with Crippen LogP contribution in [0, 0.1) is 0 Å². The molecule has 28 heavy (non-hydrogen) atoms. The van der Waals surface area contributed by atoms with Crippen LogP contribution in [0.5, 0.6) is 0 Å². The van der Waals surface area contributed by atoms with Crippen LogP contribution in [-0.4, -0.2) is 57.6 Å². The summed E-state index contributed by atoms with van der Waals surface area (Å²) in [5, 5.41) is 0. The molecule has 0 saturated carbocycles. The van der Waals surface area contributed by atoms with Gasteiger partial charge in [-0.25, -0.2) is 4.98 Å². The monoisotopic (exact) mass is 382 g/mol. The fraction of sp³-hybridized carbons (Fsp3) is 0.545. The summed E-state index contributed by atoms with van der Waals surface area (Å²) >= 11 is 0. The number of ether oxygens (including phenoxy) is 1. The normalized spacial score (nSPS) is 23.0. The number of carbonyl (C=O) groups excluding carboxylic acids is 1. The molecule has 6 heteroatoms. The van der Waals surface area contributed by atoms with Crippen LogP contribution in [0.1, 0.15) is 36.9 Å². The van der Waals surface area contributed by atoms with E-state index in [0.717, 1.165) is 57.6 Å². The average Bonchev–Trinajstić information content (AvgIpc) is 3.33. The number of benzene rings is 1. The number of hydrogen-bond acceptors (Lipinski definition) is 4. The van der Waals surface area contributed by atoms with Crippen molar-refractivity contribution in [3.05, 3.63) is 54.1 Å². The van der Waals surface area contributed by atoms with Gasteiger partial charge in [0, 0.05) is 39.5 Å². The van der Waals surface area contributed by atoms with Gasteiger partial charge in [0.15, 0.2) is 0 Å². The smallest absolute Gasteiger partial charge is 0.243 e. The third kappa shape index (κ3) is 3.71. The van der Waals surface area contributed by atoms with Crippen molar-refractivity contribution in [3.8, 4) is 0 Å². The van der Waals surface area contributed by atoms with Crippen LogP contribution < -0.4 is 0 Å². The van der Waals surface area contributed by atoms with Gasteiger partial charge in [0.05, 0.1) is 18.6 Å². The quantitative estimate of drug-likeness (QED) is 0.739. The first-order chi connectivity index (χ1) is 13.7. The number of piperidine rings is 1. The van der Waals surface area contributed by atoms with Gasteiger partial charge in [0.2, 0.25) is 5.91 Å². The first-order valence-electron chi connectivity index (χ1n) is 10.3. The first kappa shape index (κ1) is 19.2. The highest BCUT2D eigenvalue weighted by molar-refractivity contribution is 5.87. The Labute approximate surface area is 167 Å². The van der Waals surface area contributed by atoms with Crippen molar-refractivity contribution >= 4 is 5.91 Å². The van der Waals surface area contributed by atoms with Gasteiger partial charge in [-0.1, -0.05) is 30.3 Å². The number of nitrogens with zero attached hydrogens (tertiary/aromatic N) is 4. The minimum atomic E-state index is -0.344. The van der Waals surface area contributed by atoms with Gasteiger partial charge >= 0.3 is 0 Å². The number of rotatable bonds is 7. The van der Waals surface area contributed by atoms with Gasteiger partial charge in [-0.05, 0) is 37.8 Å². The third-order valence-corrected chi connectivity index (χ3v) is 6.23. The SMILES string of the molecule is COCCn1cncc1CN1CCCC12CCCN(Cc1ccccc1)C2=O. The summed E-state index contributed by atoms with van der Waals surface area (Å²) in [6.07, 6.45) is 7.86. The highest BCUT2D eigenvalue weighted by Gasteiger charge is 2.50. The van der Waals surface area contributed by atoms with Crippen molar-refractivity contribution in [2.45, 2.75) is 50.9 Å². The molecule has 1 spiro atoms. The minimum absolute atomic E-state index is 0.308. The van der Waals surface area contributed by atoms with Crippen molar-refractivity contribution in [2.75, 3.05) is 26.8 Å². The zero-order valence-electron chi connectivity index (χ0n) is 16.7. The largest absolute Gasteiger partial charge is 0.383 e. The lowest BCUT2D eigenvalue weighted by Gasteiger charge is -2.44. The number of carbonyl (C=O) groups is 1. The number of likely N-dealkylation sites (tertiary alicyclic amines) is 2. The van der Waals surface area contributed by atoms with Crippen LogP contribution in [0.4, 0.5) is 0 Å². The van der Waals surface area contributed by atoms with E-state index in [9.17, 15) is 4.79 Å². The maximum atomic E-state index is 13.6. The predicted molar refractivity (Wildman–Crippen MR) is 108 cm³/mol. The fourth-order valence-electron chi connectivity index (χ4n) is 4.78. The molecule has 2 saturated heterocycles. The second-order valence-electron chi connectivity index (χ2n) is 7.94. The van der Waals surface area contributed by atoms with Crippen molar-refractivity contribution in [3.63, 3.8) is 0 Å². The molecule has 1 atom stereocenters. The summed E-state index contributed by atoms with van der Waals surface area (Å²) in [6, 6.07) is 10.3. The van der Waals surface area contributed by atoms with Gasteiger partial charge in [-0.2, -0.15) is 0 Å². The Morgan fingerprint density at radius 1 is 1.11 bits per heavy atom. The number of imidazole rings is 1. The molecule has 2 aliphatic heterocycles. The molecule has 1 aromatic carbocycles. The van der Waals surface area contributed by atoms with E-state index in [1.54, 1.807) is 7.11 Å². The molecular weight excluding hydrogens is 352 g/mol. The molecule has 0 radical (unpaired) electrons. The van der Waals surface area contributed by atoms with Gasteiger partial charge in [0.1, 0.15) is 5.54 Å². The first-order valence-corrected chi connectivity index (χ1v) is 10.3. The lowest BCUT2D eigenvalue weighted by Crippen LogP contribution is -2.59. The zero-order valence-corrected chi connectivity index (χ0v) is 16.7. The summed E-state index contributed by atoms with van der Waals surface area (Å²) in [5.74, 6) is 0.308. The molecule has 3 heterocycles. The van der Waals surface area contributed by atoms with Gasteiger partial charge in [0.25, 0.3) is 0 Å². The highest BCUT2D eigenvalue weighted by atomic mass is 16.5. The van der Waals surface area contributed by atoms with E-state index >= 15 is 0 Å². The van der Waals surface area contributed by atoms with Gasteiger partial charge < -0.3 is 14.2 Å². The molecule has 1 amide bonds. The molecule has 1 unspecified atom stereocenters. The van der Waals surface area contributed by atoms with Crippen molar-refractivity contribution in [1.29, 1.82) is 0 Å². The Kier molecular flexibility index (Phi) is 5.78. The Bertz CT molecular complexity index is 791. The standard InChI is InChI=1S/C22H30N4O2/c1-28-14-13-25-18-23-15-20(25)17-26-12-6-10-22(26)9-5-11-24(21(22)27)16-19-7-3-2-4-8-19/h2-4,7-8,15,18H,5-6,9-14,16-17H2,1H3. The Morgan fingerprint density at radius 2 is 1.89 bits per heavy atom. The van der Waals surface area contributed by atoms with Crippen LogP contribution in [0.2, 0.25) is 0 Å². The van der Waals surface area contributed by atoms with E-state index in [1.165, 1.54) is 5.56 Å². The molecule has 2 aromatic rings. The van der Waals surface area contributed by atoms with E-state index in [4.69, 9.17) is 4.74 Å². The summed E-state index contributed by atoms with van der Waals surface area (Å²) < 4.78 is 7.36. The minimum Gasteiger partial charge on any atom is -0.383 e. The van der Waals surface area contributed by atoms with E-state index in [-0.39, 0.29) is 5.54 Å². The number of aromatic nitrogens is 2. The van der Waals surface area contributed by atoms with Crippen molar-refractivity contribution in [2.24, 2.45) is 0 Å². The predicted octanol–water partition coefficient (Wildman–Crippen LogP) is 2.69. The van der Waals surface area contributed by atoms with Crippen LogP contribution >= 0.6 is 0 Å². The molecule has 0 N–H and O–H groups in total. The summed E-state index contributed by atoms with van der Waals surface area (Å²) in [6.45, 7) is 4.77. The number of amides is 1. The van der Waals surface area contributed by atoms with Crippen LogP contribution in [0.25, 0.3) is 0 Å². The molecule has 1 aromatic heterocycles. The third-order valence-electron chi connectivity index (χ3n) is 6.23. The number of methoxy groups -OCH3 is 1.